The fraction of sp³-hybridized carbons (Fsp3) is 0.300. The van der Waals surface area contributed by atoms with Crippen LogP contribution in [0.5, 0.6) is 5.75 Å². The predicted molar refractivity (Wildman–Crippen MR) is 103 cm³/mol. The van der Waals surface area contributed by atoms with E-state index >= 15 is 0 Å². The molecule has 1 aliphatic rings. The normalized spacial score (nSPS) is 15.7. The summed E-state index contributed by atoms with van der Waals surface area (Å²) in [6.45, 7) is 0. The summed E-state index contributed by atoms with van der Waals surface area (Å²) in [5.41, 5.74) is 1.11. The topological polar surface area (TPSA) is 67.4 Å². The Morgan fingerprint density at radius 1 is 1.15 bits per heavy atom. The van der Waals surface area contributed by atoms with Crippen LogP contribution in [0.3, 0.4) is 0 Å². The largest absolute Gasteiger partial charge is 0.497 e. The van der Waals surface area contributed by atoms with Crippen LogP contribution in [0.2, 0.25) is 0 Å². The highest BCUT2D eigenvalue weighted by atomic mass is 79.9. The van der Waals surface area contributed by atoms with E-state index in [0.29, 0.717) is 0 Å². The van der Waals surface area contributed by atoms with Gasteiger partial charge in [0.2, 0.25) is 11.8 Å². The Morgan fingerprint density at radius 3 is 2.38 bits per heavy atom. The Bertz CT molecular complexity index is 816. The van der Waals surface area contributed by atoms with Crippen LogP contribution in [0.25, 0.3) is 0 Å². The number of benzene rings is 2. The van der Waals surface area contributed by atoms with Crippen LogP contribution in [0.1, 0.15) is 30.0 Å². The van der Waals surface area contributed by atoms with Gasteiger partial charge in [0.15, 0.2) is 0 Å². The third-order valence-electron chi connectivity index (χ3n) is 4.79. The van der Waals surface area contributed by atoms with Gasteiger partial charge in [-0.3, -0.25) is 9.59 Å². The zero-order valence-electron chi connectivity index (χ0n) is 14.7. The van der Waals surface area contributed by atoms with Gasteiger partial charge in [-0.05, 0) is 48.2 Å². The maximum absolute atomic E-state index is 13.0. The minimum atomic E-state index is -0.735. The molecular formula is C20H21BrN2O3. The molecule has 0 spiro atoms. The second kappa shape index (κ2) is 7.50. The first kappa shape index (κ1) is 18.5. The summed E-state index contributed by atoms with van der Waals surface area (Å²) in [4.78, 5) is 25.4. The van der Waals surface area contributed by atoms with Gasteiger partial charge in [0.25, 0.3) is 0 Å². The van der Waals surface area contributed by atoms with E-state index in [1.807, 2.05) is 48.5 Å². The Labute approximate surface area is 161 Å². The highest BCUT2D eigenvalue weighted by molar-refractivity contribution is 9.10. The van der Waals surface area contributed by atoms with Crippen LogP contribution in [-0.2, 0) is 15.0 Å². The van der Waals surface area contributed by atoms with E-state index in [4.69, 9.17) is 4.74 Å². The van der Waals surface area contributed by atoms with Crippen LogP contribution in [0, 0.1) is 0 Å². The summed E-state index contributed by atoms with van der Waals surface area (Å²) in [5, 5.41) is 5.57. The lowest BCUT2D eigenvalue weighted by Gasteiger charge is -2.22. The molecule has 0 radical (unpaired) electrons. The third kappa shape index (κ3) is 3.60. The lowest BCUT2D eigenvalue weighted by Crippen LogP contribution is -2.43. The smallest absolute Gasteiger partial charge is 0.246 e. The Morgan fingerprint density at radius 2 is 1.85 bits per heavy atom. The maximum Gasteiger partial charge on any atom is 0.246 e. The van der Waals surface area contributed by atoms with Crippen molar-refractivity contribution in [1.29, 1.82) is 0 Å². The van der Waals surface area contributed by atoms with E-state index in [0.717, 1.165) is 34.2 Å². The first-order chi connectivity index (χ1) is 12.5. The number of methoxy groups -OCH3 is 1. The van der Waals surface area contributed by atoms with Gasteiger partial charge in [-0.15, -0.1) is 0 Å². The van der Waals surface area contributed by atoms with Crippen molar-refractivity contribution in [2.45, 2.75) is 24.3 Å². The van der Waals surface area contributed by atoms with Gasteiger partial charge < -0.3 is 15.4 Å². The first-order valence-corrected chi connectivity index (χ1v) is 9.22. The number of hydrogen-bond donors (Lipinski definition) is 2. The molecular weight excluding hydrogens is 396 g/mol. The van der Waals surface area contributed by atoms with Crippen LogP contribution < -0.4 is 15.4 Å². The van der Waals surface area contributed by atoms with Crippen LogP contribution in [-0.4, -0.2) is 26.0 Å². The molecule has 3 rings (SSSR count). The van der Waals surface area contributed by atoms with Gasteiger partial charge in [-0.25, -0.2) is 0 Å². The number of nitrogens with one attached hydrogen (secondary N) is 2. The van der Waals surface area contributed by atoms with E-state index in [9.17, 15) is 9.59 Å². The SMILES string of the molecule is CNC(=O)C(NC(=O)C1(c2ccc(OC)cc2)CC1)c1cccc(Br)c1. The van der Waals surface area contributed by atoms with Crippen molar-refractivity contribution in [3.63, 3.8) is 0 Å². The molecule has 0 aromatic heterocycles. The highest BCUT2D eigenvalue weighted by Gasteiger charge is 2.52. The lowest BCUT2D eigenvalue weighted by molar-refractivity contribution is -0.130. The number of carbonyl (C=O) groups excluding carboxylic acids is 2. The van der Waals surface area contributed by atoms with Crippen molar-refractivity contribution >= 4 is 27.7 Å². The molecule has 1 fully saturated rings. The Balaban J connectivity index is 1.84. The van der Waals surface area contributed by atoms with Gasteiger partial charge in [0, 0.05) is 11.5 Å². The maximum atomic E-state index is 13.0. The fourth-order valence-electron chi connectivity index (χ4n) is 3.08. The Hall–Kier alpha value is -2.34. The predicted octanol–water partition coefficient (Wildman–Crippen LogP) is 3.09. The number of halogens is 1. The van der Waals surface area contributed by atoms with Crippen LogP contribution >= 0.6 is 15.9 Å². The number of carbonyl (C=O) groups is 2. The molecule has 0 saturated heterocycles. The number of amides is 2. The summed E-state index contributed by atoms with van der Waals surface area (Å²) in [7, 11) is 3.18. The minimum absolute atomic E-state index is 0.128. The second-order valence-corrected chi connectivity index (χ2v) is 7.30. The quantitative estimate of drug-likeness (QED) is 0.759. The van der Waals surface area contributed by atoms with Crippen molar-refractivity contribution in [2.24, 2.45) is 0 Å². The molecule has 2 amide bonds. The zero-order valence-corrected chi connectivity index (χ0v) is 16.3. The summed E-state index contributed by atoms with van der Waals surface area (Å²) in [6, 6.07) is 14.2. The number of ether oxygens (including phenoxy) is 1. The molecule has 0 bridgehead atoms. The van der Waals surface area contributed by atoms with Gasteiger partial charge in [0.1, 0.15) is 11.8 Å². The van der Waals surface area contributed by atoms with Crippen LogP contribution in [0.4, 0.5) is 0 Å². The molecule has 26 heavy (non-hydrogen) atoms. The monoisotopic (exact) mass is 416 g/mol. The molecule has 0 heterocycles. The van der Waals surface area contributed by atoms with Crippen molar-refractivity contribution in [3.05, 3.63) is 64.1 Å². The fourth-order valence-corrected chi connectivity index (χ4v) is 3.50. The molecule has 2 aromatic rings. The van der Waals surface area contributed by atoms with E-state index < -0.39 is 11.5 Å². The standard InChI is InChI=1S/C20H21BrN2O3/c1-22-18(24)17(13-4-3-5-15(21)12-13)23-19(25)20(10-11-20)14-6-8-16(26-2)9-7-14/h3-9,12,17H,10-11H2,1-2H3,(H,22,24)(H,23,25). The molecule has 1 atom stereocenters. The number of hydrogen-bond acceptors (Lipinski definition) is 3. The molecule has 136 valence electrons. The van der Waals surface area contributed by atoms with Crippen molar-refractivity contribution in [1.82, 2.24) is 10.6 Å². The molecule has 6 heteroatoms. The lowest BCUT2D eigenvalue weighted by atomic mass is 9.94. The summed E-state index contributed by atoms with van der Waals surface area (Å²) >= 11 is 3.41. The van der Waals surface area contributed by atoms with Crippen molar-refractivity contribution in [2.75, 3.05) is 14.2 Å². The first-order valence-electron chi connectivity index (χ1n) is 8.43. The van der Waals surface area contributed by atoms with Gasteiger partial charge >= 0.3 is 0 Å². The number of rotatable bonds is 6. The van der Waals surface area contributed by atoms with Crippen molar-refractivity contribution in [3.8, 4) is 5.75 Å². The van der Waals surface area contributed by atoms with E-state index in [2.05, 4.69) is 26.6 Å². The molecule has 2 aromatic carbocycles. The minimum Gasteiger partial charge on any atom is -0.497 e. The van der Waals surface area contributed by atoms with Gasteiger partial charge in [0.05, 0.1) is 12.5 Å². The zero-order chi connectivity index (χ0) is 18.7. The van der Waals surface area contributed by atoms with Gasteiger partial charge in [-0.2, -0.15) is 0 Å². The molecule has 1 unspecified atom stereocenters. The summed E-state index contributed by atoms with van der Waals surface area (Å²) in [5.74, 6) is 0.376. The molecule has 1 saturated carbocycles. The van der Waals surface area contributed by atoms with E-state index in [-0.39, 0.29) is 11.8 Å². The molecule has 2 N–H and O–H groups in total. The highest BCUT2D eigenvalue weighted by Crippen LogP contribution is 2.49. The Kier molecular flexibility index (Phi) is 5.32. The molecule has 1 aliphatic carbocycles. The van der Waals surface area contributed by atoms with Gasteiger partial charge in [-0.1, -0.05) is 40.2 Å². The molecule has 0 aliphatic heterocycles. The summed E-state index contributed by atoms with van der Waals surface area (Å²) < 4.78 is 6.04. The van der Waals surface area contributed by atoms with E-state index in [1.165, 1.54) is 0 Å². The average molecular weight is 417 g/mol. The third-order valence-corrected chi connectivity index (χ3v) is 5.29. The summed E-state index contributed by atoms with van der Waals surface area (Å²) in [6.07, 6.45) is 1.54. The average Bonchev–Trinajstić information content (AvgIpc) is 3.47. The second-order valence-electron chi connectivity index (χ2n) is 6.39. The van der Waals surface area contributed by atoms with Crippen molar-refractivity contribution < 1.29 is 14.3 Å². The molecule has 5 nitrogen and oxygen atoms in total. The van der Waals surface area contributed by atoms with Crippen LogP contribution in [0.15, 0.2) is 53.0 Å². The van der Waals surface area contributed by atoms with E-state index in [1.54, 1.807) is 14.2 Å². The number of likely N-dealkylation sites (N-methyl/N-ethyl adjacent to an activating group) is 1.